The van der Waals surface area contributed by atoms with Gasteiger partial charge in [-0.15, -0.1) is 24.0 Å². The van der Waals surface area contributed by atoms with E-state index >= 15 is 0 Å². The molecule has 16 heavy (non-hydrogen) atoms. The van der Waals surface area contributed by atoms with Gasteiger partial charge in [-0.05, 0) is 18.8 Å². The maximum atomic E-state index is 5.25. The monoisotopic (exact) mass is 337 g/mol. The summed E-state index contributed by atoms with van der Waals surface area (Å²) in [5.74, 6) is 1.89. The Labute approximate surface area is 114 Å². The van der Waals surface area contributed by atoms with Crippen LogP contribution in [0.5, 0.6) is 0 Å². The molecule has 4 nitrogen and oxygen atoms in total. The fourth-order valence-corrected chi connectivity index (χ4v) is 2.27. The van der Waals surface area contributed by atoms with Crippen molar-refractivity contribution in [2.75, 3.05) is 32.8 Å². The second kappa shape index (κ2) is 5.08. The highest BCUT2D eigenvalue weighted by Crippen LogP contribution is 2.28. The van der Waals surface area contributed by atoms with Crippen molar-refractivity contribution in [1.29, 1.82) is 0 Å². The maximum Gasteiger partial charge on any atom is 0.191 e. The summed E-state index contributed by atoms with van der Waals surface area (Å²) >= 11 is 0. The minimum Gasteiger partial charge on any atom is -0.380 e. The third-order valence-corrected chi connectivity index (χ3v) is 3.80. The number of ether oxygens (including phenoxy) is 1. The van der Waals surface area contributed by atoms with Crippen molar-refractivity contribution in [3.63, 3.8) is 0 Å². The Balaban J connectivity index is 0.000000963. The second-order valence-corrected chi connectivity index (χ2v) is 5.19. The molecule has 0 unspecified atom stereocenters. The number of nitrogens with one attached hydrogen (secondary N) is 2. The Bertz CT molecular complexity index is 274. The molecule has 1 saturated carbocycles. The number of aliphatic imine (C=N–C) groups is 1. The van der Waals surface area contributed by atoms with Crippen molar-refractivity contribution < 1.29 is 4.74 Å². The average molecular weight is 337 g/mol. The smallest absolute Gasteiger partial charge is 0.191 e. The molecular weight excluding hydrogens is 317 g/mol. The lowest BCUT2D eigenvalue weighted by Crippen LogP contribution is -2.58. The van der Waals surface area contributed by atoms with Gasteiger partial charge in [-0.25, -0.2) is 0 Å². The van der Waals surface area contributed by atoms with Crippen LogP contribution >= 0.6 is 24.0 Å². The number of hydrogen-bond acceptors (Lipinski definition) is 4. The first kappa shape index (κ1) is 12.4. The van der Waals surface area contributed by atoms with Crippen molar-refractivity contribution in [2.24, 2.45) is 16.3 Å². The normalized spacial score (nSPS) is 26.9. The summed E-state index contributed by atoms with van der Waals surface area (Å²) in [6, 6.07) is 0. The zero-order valence-corrected chi connectivity index (χ0v) is 11.8. The van der Waals surface area contributed by atoms with Crippen LogP contribution in [0.25, 0.3) is 0 Å². The molecule has 92 valence electrons. The van der Waals surface area contributed by atoms with E-state index in [0.717, 1.165) is 44.7 Å². The van der Waals surface area contributed by atoms with Crippen LogP contribution in [-0.4, -0.2) is 38.8 Å². The van der Waals surface area contributed by atoms with Crippen LogP contribution in [0.2, 0.25) is 0 Å². The van der Waals surface area contributed by atoms with Gasteiger partial charge in [0.2, 0.25) is 0 Å². The van der Waals surface area contributed by atoms with Gasteiger partial charge in [0, 0.05) is 13.1 Å². The maximum absolute atomic E-state index is 5.25. The Morgan fingerprint density at radius 1 is 1.44 bits per heavy atom. The average Bonchev–Trinajstić information content (AvgIpc) is 2.14. The van der Waals surface area contributed by atoms with Gasteiger partial charge in [0.1, 0.15) is 0 Å². The summed E-state index contributed by atoms with van der Waals surface area (Å²) in [5, 5.41) is 6.78. The highest BCUT2D eigenvalue weighted by molar-refractivity contribution is 14.0. The molecule has 0 aromatic heterocycles. The third kappa shape index (κ3) is 2.45. The topological polar surface area (TPSA) is 45.7 Å². The first-order chi connectivity index (χ1) is 7.36. The SMILES string of the molecule is C1CC(CNC2=NCC3(CN2)COC3)C1.I. The molecule has 3 aliphatic rings. The van der Waals surface area contributed by atoms with Crippen LogP contribution in [0.3, 0.4) is 0 Å². The summed E-state index contributed by atoms with van der Waals surface area (Å²) in [6.45, 7) is 4.78. The van der Waals surface area contributed by atoms with Gasteiger partial charge in [0.25, 0.3) is 0 Å². The van der Waals surface area contributed by atoms with Crippen LogP contribution in [-0.2, 0) is 4.74 Å². The van der Waals surface area contributed by atoms with Crippen molar-refractivity contribution in [2.45, 2.75) is 19.3 Å². The molecule has 0 amide bonds. The van der Waals surface area contributed by atoms with E-state index in [0.29, 0.717) is 5.41 Å². The van der Waals surface area contributed by atoms with Gasteiger partial charge in [-0.3, -0.25) is 4.99 Å². The summed E-state index contributed by atoms with van der Waals surface area (Å²) < 4.78 is 5.25. The molecule has 0 radical (unpaired) electrons. The molecule has 0 aromatic carbocycles. The van der Waals surface area contributed by atoms with E-state index in [2.05, 4.69) is 15.6 Å². The van der Waals surface area contributed by atoms with Crippen LogP contribution in [0.15, 0.2) is 4.99 Å². The molecule has 0 aromatic rings. The predicted molar refractivity (Wildman–Crippen MR) is 74.3 cm³/mol. The zero-order chi connectivity index (χ0) is 10.1. The van der Waals surface area contributed by atoms with Gasteiger partial charge in [-0.2, -0.15) is 0 Å². The molecule has 1 saturated heterocycles. The van der Waals surface area contributed by atoms with Crippen molar-refractivity contribution in [1.82, 2.24) is 10.6 Å². The number of hydrogen-bond donors (Lipinski definition) is 2. The van der Waals surface area contributed by atoms with Gasteiger partial charge in [0.15, 0.2) is 5.96 Å². The lowest BCUT2D eigenvalue weighted by molar-refractivity contribution is -0.104. The lowest BCUT2D eigenvalue weighted by Gasteiger charge is -2.43. The second-order valence-electron chi connectivity index (χ2n) is 5.19. The van der Waals surface area contributed by atoms with E-state index < -0.39 is 0 Å². The fourth-order valence-electron chi connectivity index (χ4n) is 2.27. The molecule has 2 N–H and O–H groups in total. The van der Waals surface area contributed by atoms with E-state index in [-0.39, 0.29) is 24.0 Å². The third-order valence-electron chi connectivity index (χ3n) is 3.80. The summed E-state index contributed by atoms with van der Waals surface area (Å²) in [6.07, 6.45) is 4.18. The highest BCUT2D eigenvalue weighted by Gasteiger charge is 2.40. The minimum absolute atomic E-state index is 0. The Hall–Kier alpha value is -0.0400. The minimum atomic E-state index is 0. The first-order valence-electron chi connectivity index (χ1n) is 5.96. The molecule has 0 atom stereocenters. The van der Waals surface area contributed by atoms with Crippen LogP contribution in [0.4, 0.5) is 0 Å². The zero-order valence-electron chi connectivity index (χ0n) is 9.50. The van der Waals surface area contributed by atoms with E-state index in [4.69, 9.17) is 4.74 Å². The number of nitrogens with zero attached hydrogens (tertiary/aromatic N) is 1. The van der Waals surface area contributed by atoms with Gasteiger partial charge in [0.05, 0.1) is 25.2 Å². The number of halogens is 1. The van der Waals surface area contributed by atoms with E-state index in [1.807, 2.05) is 0 Å². The molecule has 2 fully saturated rings. The Morgan fingerprint density at radius 3 is 2.69 bits per heavy atom. The lowest BCUT2D eigenvalue weighted by atomic mass is 9.85. The Kier molecular flexibility index (Phi) is 3.94. The quantitative estimate of drug-likeness (QED) is 0.738. The van der Waals surface area contributed by atoms with E-state index in [1.165, 1.54) is 19.3 Å². The summed E-state index contributed by atoms with van der Waals surface area (Å²) in [5.41, 5.74) is 0.321. The van der Waals surface area contributed by atoms with Gasteiger partial charge >= 0.3 is 0 Å². The first-order valence-corrected chi connectivity index (χ1v) is 5.96. The molecule has 1 spiro atoms. The van der Waals surface area contributed by atoms with Crippen molar-refractivity contribution in [3.8, 4) is 0 Å². The molecule has 3 rings (SSSR count). The standard InChI is InChI=1S/C11H19N3O.HI/c1-2-9(3-1)4-12-10-13-5-11(6-14-10)7-15-8-11;/h9H,1-8H2,(H2,12,13,14);1H. The predicted octanol–water partition coefficient (Wildman–Crippen LogP) is 0.970. The molecule has 1 aliphatic carbocycles. The molecular formula is C11H20IN3O. The molecule has 2 heterocycles. The van der Waals surface area contributed by atoms with Crippen molar-refractivity contribution >= 4 is 29.9 Å². The van der Waals surface area contributed by atoms with E-state index in [9.17, 15) is 0 Å². The molecule has 0 bridgehead atoms. The summed E-state index contributed by atoms with van der Waals surface area (Å²) in [4.78, 5) is 4.55. The van der Waals surface area contributed by atoms with Crippen molar-refractivity contribution in [3.05, 3.63) is 0 Å². The summed E-state index contributed by atoms with van der Waals surface area (Å²) in [7, 11) is 0. The van der Waals surface area contributed by atoms with Gasteiger partial charge in [-0.1, -0.05) is 6.42 Å². The number of rotatable bonds is 2. The highest BCUT2D eigenvalue weighted by atomic mass is 127. The Morgan fingerprint density at radius 2 is 2.25 bits per heavy atom. The molecule has 5 heteroatoms. The van der Waals surface area contributed by atoms with Crippen LogP contribution in [0.1, 0.15) is 19.3 Å². The van der Waals surface area contributed by atoms with Gasteiger partial charge < -0.3 is 15.4 Å². The largest absolute Gasteiger partial charge is 0.380 e. The fraction of sp³-hybridized carbons (Fsp3) is 0.909. The van der Waals surface area contributed by atoms with Crippen LogP contribution in [0, 0.1) is 11.3 Å². The van der Waals surface area contributed by atoms with Crippen LogP contribution < -0.4 is 10.6 Å². The van der Waals surface area contributed by atoms with E-state index in [1.54, 1.807) is 0 Å². The number of guanidine groups is 1. The molecule has 2 aliphatic heterocycles.